The third-order valence-corrected chi connectivity index (χ3v) is 2.81. The summed E-state index contributed by atoms with van der Waals surface area (Å²) in [6, 6.07) is 10.2. The maximum atomic E-state index is 13.5. The van der Waals surface area contributed by atoms with Gasteiger partial charge in [-0.25, -0.2) is 4.39 Å². The average Bonchev–Trinajstić information content (AvgIpc) is 2.49. The molecule has 0 unspecified atom stereocenters. The summed E-state index contributed by atoms with van der Waals surface area (Å²) >= 11 is 0. The molecule has 0 fully saturated rings. The van der Waals surface area contributed by atoms with Crippen molar-refractivity contribution < 1.29 is 13.9 Å². The number of anilines is 1. The van der Waals surface area contributed by atoms with Crippen molar-refractivity contribution in [3.8, 4) is 17.6 Å². The van der Waals surface area contributed by atoms with Gasteiger partial charge in [0.2, 0.25) is 0 Å². The van der Waals surface area contributed by atoms with Crippen molar-refractivity contribution in [1.82, 2.24) is 5.32 Å². The van der Waals surface area contributed by atoms with Crippen LogP contribution in [0, 0.1) is 17.1 Å². The van der Waals surface area contributed by atoms with E-state index in [4.69, 9.17) is 15.7 Å². The van der Waals surface area contributed by atoms with Gasteiger partial charge in [-0.3, -0.25) is 4.79 Å². The van der Waals surface area contributed by atoms with E-state index in [1.807, 2.05) is 0 Å². The quantitative estimate of drug-likeness (QED) is 0.848. The summed E-state index contributed by atoms with van der Waals surface area (Å²) in [6.45, 7) is 0. The topological polar surface area (TPSA) is 88.1 Å². The minimum Gasteiger partial charge on any atom is -0.454 e. The van der Waals surface area contributed by atoms with Crippen LogP contribution < -0.4 is 15.8 Å². The standard InChI is InChI=1S/C15H12FN3O2/c1-19-15(20)9-5-6-12(18)14(7-9)21-13-4-2-3-11(16)10(13)8-17/h2-7H,18H2,1H3,(H,19,20). The van der Waals surface area contributed by atoms with Crippen molar-refractivity contribution >= 4 is 11.6 Å². The van der Waals surface area contributed by atoms with Crippen LogP contribution in [0.4, 0.5) is 10.1 Å². The highest BCUT2D eigenvalue weighted by Crippen LogP contribution is 2.31. The van der Waals surface area contributed by atoms with Gasteiger partial charge in [0.15, 0.2) is 5.75 Å². The number of rotatable bonds is 3. The van der Waals surface area contributed by atoms with Crippen LogP contribution in [-0.2, 0) is 0 Å². The van der Waals surface area contributed by atoms with E-state index in [0.717, 1.165) is 6.07 Å². The van der Waals surface area contributed by atoms with Gasteiger partial charge in [0, 0.05) is 12.6 Å². The van der Waals surface area contributed by atoms with E-state index in [2.05, 4.69) is 5.32 Å². The van der Waals surface area contributed by atoms with Crippen LogP contribution in [0.5, 0.6) is 11.5 Å². The van der Waals surface area contributed by atoms with Crippen molar-refractivity contribution in [2.45, 2.75) is 0 Å². The van der Waals surface area contributed by atoms with Crippen LogP contribution in [-0.4, -0.2) is 13.0 Å². The molecule has 2 rings (SSSR count). The molecular weight excluding hydrogens is 273 g/mol. The number of carbonyl (C=O) groups is 1. The minimum absolute atomic E-state index is 0.0401. The van der Waals surface area contributed by atoms with Gasteiger partial charge in [-0.15, -0.1) is 0 Å². The van der Waals surface area contributed by atoms with Crippen LogP contribution in [0.15, 0.2) is 36.4 Å². The number of hydrogen-bond acceptors (Lipinski definition) is 4. The second kappa shape index (κ2) is 5.92. The van der Waals surface area contributed by atoms with Crippen LogP contribution in [0.25, 0.3) is 0 Å². The molecule has 0 heterocycles. The van der Waals surface area contributed by atoms with Gasteiger partial charge in [-0.2, -0.15) is 5.26 Å². The number of nitriles is 1. The minimum atomic E-state index is -0.684. The lowest BCUT2D eigenvalue weighted by molar-refractivity contribution is 0.0963. The highest BCUT2D eigenvalue weighted by Gasteiger charge is 2.13. The number of benzene rings is 2. The smallest absolute Gasteiger partial charge is 0.251 e. The number of nitrogens with one attached hydrogen (secondary N) is 1. The number of amides is 1. The van der Waals surface area contributed by atoms with E-state index in [0.29, 0.717) is 5.56 Å². The van der Waals surface area contributed by atoms with E-state index >= 15 is 0 Å². The number of nitrogens with zero attached hydrogens (tertiary/aromatic N) is 1. The zero-order valence-corrected chi connectivity index (χ0v) is 11.2. The summed E-state index contributed by atoms with van der Waals surface area (Å²) in [5.41, 5.74) is 6.17. The Labute approximate surface area is 120 Å². The van der Waals surface area contributed by atoms with E-state index in [1.165, 1.54) is 37.4 Å². The van der Waals surface area contributed by atoms with Gasteiger partial charge in [-0.1, -0.05) is 6.07 Å². The van der Waals surface area contributed by atoms with E-state index < -0.39 is 5.82 Å². The van der Waals surface area contributed by atoms with Gasteiger partial charge in [0.1, 0.15) is 23.2 Å². The number of halogens is 1. The first-order chi connectivity index (χ1) is 10.1. The van der Waals surface area contributed by atoms with Gasteiger partial charge in [0.05, 0.1) is 5.69 Å². The van der Waals surface area contributed by atoms with E-state index in [-0.39, 0.29) is 28.7 Å². The molecule has 0 saturated heterocycles. The lowest BCUT2D eigenvalue weighted by atomic mass is 10.1. The molecule has 5 nitrogen and oxygen atoms in total. The van der Waals surface area contributed by atoms with Crippen molar-refractivity contribution in [3.63, 3.8) is 0 Å². The lowest BCUT2D eigenvalue weighted by Gasteiger charge is -2.11. The Morgan fingerprint density at radius 3 is 2.76 bits per heavy atom. The van der Waals surface area contributed by atoms with Crippen molar-refractivity contribution in [2.75, 3.05) is 12.8 Å². The number of carbonyl (C=O) groups excluding carboxylic acids is 1. The molecule has 0 aliphatic heterocycles. The molecule has 0 radical (unpaired) electrons. The number of hydrogen-bond donors (Lipinski definition) is 2. The Kier molecular flexibility index (Phi) is 4.05. The summed E-state index contributed by atoms with van der Waals surface area (Å²) in [5, 5.41) is 11.4. The fourth-order valence-electron chi connectivity index (χ4n) is 1.72. The van der Waals surface area contributed by atoms with Crippen LogP contribution >= 0.6 is 0 Å². The third kappa shape index (κ3) is 2.92. The molecule has 0 aliphatic rings. The Morgan fingerprint density at radius 1 is 1.33 bits per heavy atom. The predicted molar refractivity (Wildman–Crippen MR) is 75.4 cm³/mol. The summed E-state index contributed by atoms with van der Waals surface area (Å²) in [5.74, 6) is -0.771. The molecule has 6 heteroatoms. The molecular formula is C15H12FN3O2. The molecule has 106 valence electrons. The Bertz CT molecular complexity index is 738. The first kappa shape index (κ1) is 14.3. The number of nitrogens with two attached hydrogens (primary N) is 1. The third-order valence-electron chi connectivity index (χ3n) is 2.81. The van der Waals surface area contributed by atoms with Gasteiger partial charge in [0.25, 0.3) is 5.91 Å². The van der Waals surface area contributed by atoms with E-state index in [1.54, 1.807) is 6.07 Å². The fourth-order valence-corrected chi connectivity index (χ4v) is 1.72. The van der Waals surface area contributed by atoms with E-state index in [9.17, 15) is 9.18 Å². The molecule has 0 aliphatic carbocycles. The second-order valence-corrected chi connectivity index (χ2v) is 4.16. The van der Waals surface area contributed by atoms with Crippen LogP contribution in [0.2, 0.25) is 0 Å². The Hall–Kier alpha value is -3.07. The van der Waals surface area contributed by atoms with Crippen LogP contribution in [0.3, 0.4) is 0 Å². The molecule has 0 atom stereocenters. The first-order valence-electron chi connectivity index (χ1n) is 6.05. The summed E-state index contributed by atoms with van der Waals surface area (Å²) in [6.07, 6.45) is 0. The van der Waals surface area contributed by atoms with Gasteiger partial charge in [-0.05, 0) is 30.3 Å². The van der Waals surface area contributed by atoms with Crippen molar-refractivity contribution in [2.24, 2.45) is 0 Å². The first-order valence-corrected chi connectivity index (χ1v) is 6.05. The van der Waals surface area contributed by atoms with Gasteiger partial charge >= 0.3 is 0 Å². The predicted octanol–water partition coefficient (Wildman–Crippen LogP) is 2.43. The monoisotopic (exact) mass is 285 g/mol. The molecule has 0 spiro atoms. The molecule has 0 saturated carbocycles. The fraction of sp³-hybridized carbons (Fsp3) is 0.0667. The summed E-state index contributed by atoms with van der Waals surface area (Å²) < 4.78 is 19.0. The molecule has 21 heavy (non-hydrogen) atoms. The van der Waals surface area contributed by atoms with Gasteiger partial charge < -0.3 is 15.8 Å². The number of ether oxygens (including phenoxy) is 1. The largest absolute Gasteiger partial charge is 0.454 e. The normalized spacial score (nSPS) is 9.76. The Morgan fingerprint density at radius 2 is 2.10 bits per heavy atom. The lowest BCUT2D eigenvalue weighted by Crippen LogP contribution is -2.17. The highest BCUT2D eigenvalue weighted by molar-refractivity contribution is 5.95. The second-order valence-electron chi connectivity index (χ2n) is 4.16. The van der Waals surface area contributed by atoms with Crippen molar-refractivity contribution in [3.05, 3.63) is 53.3 Å². The molecule has 2 aromatic rings. The average molecular weight is 285 g/mol. The molecule has 3 N–H and O–H groups in total. The van der Waals surface area contributed by atoms with Crippen molar-refractivity contribution in [1.29, 1.82) is 5.26 Å². The highest BCUT2D eigenvalue weighted by atomic mass is 19.1. The SMILES string of the molecule is CNC(=O)c1ccc(N)c(Oc2cccc(F)c2C#N)c1. The molecule has 0 aromatic heterocycles. The van der Waals surface area contributed by atoms with Crippen LogP contribution in [0.1, 0.15) is 15.9 Å². The molecule has 0 bridgehead atoms. The zero-order valence-electron chi connectivity index (χ0n) is 11.2. The zero-order chi connectivity index (χ0) is 15.4. The molecule has 1 amide bonds. The maximum Gasteiger partial charge on any atom is 0.251 e. The molecule has 2 aromatic carbocycles. The summed E-state index contributed by atoms with van der Waals surface area (Å²) in [4.78, 5) is 11.6. The Balaban J connectivity index is 2.43. The maximum absolute atomic E-state index is 13.5. The number of nitrogen functional groups attached to an aromatic ring is 1. The summed E-state index contributed by atoms with van der Waals surface area (Å²) in [7, 11) is 1.50.